The molecule has 3 amide bonds. The van der Waals surface area contributed by atoms with Gasteiger partial charge in [-0.15, -0.1) is 0 Å². The van der Waals surface area contributed by atoms with Crippen LogP contribution in [0.25, 0.3) is 0 Å². The Balaban J connectivity index is 1.76. The minimum absolute atomic E-state index is 0.0505. The number of carbonyl (C=O) groups is 3. The molecule has 0 atom stereocenters. The number of benzene rings is 2. The Morgan fingerprint density at radius 2 is 1.79 bits per heavy atom. The van der Waals surface area contributed by atoms with Crippen LogP contribution in [0.15, 0.2) is 54.2 Å². The topological polar surface area (TPSA) is 98.7 Å². The van der Waals surface area contributed by atoms with Crippen LogP contribution in [-0.2, 0) is 9.59 Å². The zero-order chi connectivity index (χ0) is 20.3. The minimum Gasteiger partial charge on any atom is -0.395 e. The van der Waals surface area contributed by atoms with E-state index in [9.17, 15) is 14.4 Å². The number of hydrogen-bond acceptors (Lipinski definition) is 5. The largest absolute Gasteiger partial charge is 0.395 e. The fourth-order valence-electron chi connectivity index (χ4n) is 2.80. The summed E-state index contributed by atoms with van der Waals surface area (Å²) in [4.78, 5) is 37.5. The van der Waals surface area contributed by atoms with Crippen LogP contribution in [0.3, 0.4) is 0 Å². The highest BCUT2D eigenvalue weighted by Gasteiger charge is 2.30. The van der Waals surface area contributed by atoms with Crippen LogP contribution in [0, 0.1) is 13.8 Å². The van der Waals surface area contributed by atoms with Crippen LogP contribution < -0.4 is 10.6 Å². The fraction of sp³-hybridized carbons (Fsp3) is 0.190. The maximum Gasteiger partial charge on any atom is 0.277 e. The standard InChI is InChI=1S/C21H21N3O4/c1-13-3-6-15(7-4-13)20(27)23-17-11-16(8-5-14(17)2)22-18-12-19(26)24(9-10-25)21(18)28/h3-8,11-12,22,25H,9-10H2,1-2H3,(H,23,27). The summed E-state index contributed by atoms with van der Waals surface area (Å²) >= 11 is 0. The molecule has 144 valence electrons. The molecule has 0 bridgehead atoms. The maximum absolute atomic E-state index is 12.5. The second-order valence-corrected chi connectivity index (χ2v) is 6.55. The molecule has 0 saturated carbocycles. The molecule has 0 saturated heterocycles. The van der Waals surface area contributed by atoms with Crippen molar-refractivity contribution >= 4 is 29.1 Å². The van der Waals surface area contributed by atoms with Gasteiger partial charge in [0.2, 0.25) is 0 Å². The van der Waals surface area contributed by atoms with Gasteiger partial charge in [-0.3, -0.25) is 19.3 Å². The number of carbonyl (C=O) groups excluding carboxylic acids is 3. The van der Waals surface area contributed by atoms with Crippen molar-refractivity contribution in [1.29, 1.82) is 0 Å². The first-order valence-electron chi connectivity index (χ1n) is 8.83. The lowest BCUT2D eigenvalue weighted by Gasteiger charge is -2.15. The lowest BCUT2D eigenvalue weighted by molar-refractivity contribution is -0.137. The third-order valence-electron chi connectivity index (χ3n) is 4.41. The zero-order valence-electron chi connectivity index (χ0n) is 15.7. The van der Waals surface area contributed by atoms with Gasteiger partial charge < -0.3 is 15.7 Å². The molecule has 7 nitrogen and oxygen atoms in total. The van der Waals surface area contributed by atoms with E-state index in [0.29, 0.717) is 16.9 Å². The molecule has 1 aliphatic rings. The van der Waals surface area contributed by atoms with E-state index in [4.69, 9.17) is 5.11 Å². The quantitative estimate of drug-likeness (QED) is 0.669. The van der Waals surface area contributed by atoms with E-state index in [1.807, 2.05) is 26.0 Å². The highest BCUT2D eigenvalue weighted by molar-refractivity contribution is 6.17. The third kappa shape index (κ3) is 4.10. The number of aryl methyl sites for hydroxylation is 2. The zero-order valence-corrected chi connectivity index (χ0v) is 15.7. The van der Waals surface area contributed by atoms with Gasteiger partial charge in [0, 0.05) is 23.0 Å². The van der Waals surface area contributed by atoms with Crippen molar-refractivity contribution in [3.8, 4) is 0 Å². The third-order valence-corrected chi connectivity index (χ3v) is 4.41. The van der Waals surface area contributed by atoms with Crippen LogP contribution in [0.4, 0.5) is 11.4 Å². The van der Waals surface area contributed by atoms with Gasteiger partial charge in [-0.2, -0.15) is 0 Å². The Kier molecular flexibility index (Phi) is 5.56. The molecule has 0 radical (unpaired) electrons. The lowest BCUT2D eigenvalue weighted by Crippen LogP contribution is -2.34. The average molecular weight is 379 g/mol. The van der Waals surface area contributed by atoms with Crippen LogP contribution in [-0.4, -0.2) is 40.9 Å². The van der Waals surface area contributed by atoms with Gasteiger partial charge in [0.25, 0.3) is 17.7 Å². The van der Waals surface area contributed by atoms with Crippen LogP contribution in [0.2, 0.25) is 0 Å². The number of nitrogens with zero attached hydrogens (tertiary/aromatic N) is 1. The molecule has 1 aliphatic heterocycles. The molecule has 2 aromatic carbocycles. The predicted molar refractivity (Wildman–Crippen MR) is 106 cm³/mol. The first kappa shape index (κ1) is 19.3. The monoisotopic (exact) mass is 379 g/mol. The van der Waals surface area contributed by atoms with E-state index < -0.39 is 11.8 Å². The summed E-state index contributed by atoms with van der Waals surface area (Å²) in [7, 11) is 0. The Bertz CT molecular complexity index is 964. The molecule has 0 spiro atoms. The van der Waals surface area contributed by atoms with Gasteiger partial charge >= 0.3 is 0 Å². The van der Waals surface area contributed by atoms with Crippen LogP contribution >= 0.6 is 0 Å². The SMILES string of the molecule is Cc1ccc(C(=O)Nc2cc(NC3=CC(=O)N(CCO)C3=O)ccc2C)cc1. The summed E-state index contributed by atoms with van der Waals surface area (Å²) < 4.78 is 0. The molecule has 1 heterocycles. The summed E-state index contributed by atoms with van der Waals surface area (Å²) in [6, 6.07) is 12.5. The number of aliphatic hydroxyl groups is 1. The normalized spacial score (nSPS) is 13.5. The van der Waals surface area contributed by atoms with E-state index in [-0.39, 0.29) is 24.8 Å². The Hall–Kier alpha value is -3.45. The lowest BCUT2D eigenvalue weighted by atomic mass is 10.1. The van der Waals surface area contributed by atoms with E-state index in [1.165, 1.54) is 6.08 Å². The number of nitrogens with one attached hydrogen (secondary N) is 2. The van der Waals surface area contributed by atoms with Gasteiger partial charge in [0.05, 0.1) is 13.2 Å². The van der Waals surface area contributed by atoms with Gasteiger partial charge in [-0.1, -0.05) is 23.8 Å². The van der Waals surface area contributed by atoms with Gasteiger partial charge in [0.15, 0.2) is 0 Å². The van der Waals surface area contributed by atoms with Gasteiger partial charge in [0.1, 0.15) is 5.70 Å². The number of hydrogen-bond donors (Lipinski definition) is 3. The molecule has 0 aliphatic carbocycles. The van der Waals surface area contributed by atoms with Crippen molar-refractivity contribution in [2.45, 2.75) is 13.8 Å². The van der Waals surface area contributed by atoms with Crippen molar-refractivity contribution in [3.63, 3.8) is 0 Å². The first-order valence-corrected chi connectivity index (χ1v) is 8.83. The second-order valence-electron chi connectivity index (χ2n) is 6.55. The highest BCUT2D eigenvalue weighted by atomic mass is 16.3. The number of amides is 3. The number of imide groups is 1. The molecular formula is C21H21N3O4. The predicted octanol–water partition coefficient (Wildman–Crippen LogP) is 2.21. The second kappa shape index (κ2) is 8.06. The number of anilines is 2. The van der Waals surface area contributed by atoms with Crippen LogP contribution in [0.1, 0.15) is 21.5 Å². The van der Waals surface area contributed by atoms with Crippen molar-refractivity contribution < 1.29 is 19.5 Å². The summed E-state index contributed by atoms with van der Waals surface area (Å²) in [6.45, 7) is 3.47. The molecule has 0 aromatic heterocycles. The van der Waals surface area contributed by atoms with E-state index in [1.54, 1.807) is 30.3 Å². The summed E-state index contributed by atoms with van der Waals surface area (Å²) in [5.74, 6) is -1.20. The number of rotatable bonds is 6. The maximum atomic E-state index is 12.5. The van der Waals surface area contributed by atoms with Crippen molar-refractivity contribution in [2.24, 2.45) is 0 Å². The molecule has 0 fully saturated rings. The molecular weight excluding hydrogens is 358 g/mol. The fourth-order valence-corrected chi connectivity index (χ4v) is 2.80. The van der Waals surface area contributed by atoms with Crippen molar-refractivity contribution in [3.05, 3.63) is 70.9 Å². The Morgan fingerprint density at radius 1 is 1.07 bits per heavy atom. The number of β-amino-alcohol motifs (C(OH)–C–C–N with tert-alkyl or cyclic N) is 1. The summed E-state index contributed by atoms with van der Waals surface area (Å²) in [5, 5.41) is 14.7. The van der Waals surface area contributed by atoms with Gasteiger partial charge in [-0.25, -0.2) is 0 Å². The number of aliphatic hydroxyl groups excluding tert-OH is 1. The molecule has 7 heteroatoms. The molecule has 3 rings (SSSR count). The molecule has 28 heavy (non-hydrogen) atoms. The van der Waals surface area contributed by atoms with E-state index in [0.717, 1.165) is 16.0 Å². The first-order chi connectivity index (χ1) is 13.4. The molecule has 2 aromatic rings. The van der Waals surface area contributed by atoms with Crippen molar-refractivity contribution in [1.82, 2.24) is 4.90 Å². The van der Waals surface area contributed by atoms with Crippen molar-refractivity contribution in [2.75, 3.05) is 23.8 Å². The summed E-state index contributed by atoms with van der Waals surface area (Å²) in [6.07, 6.45) is 1.20. The smallest absolute Gasteiger partial charge is 0.277 e. The Morgan fingerprint density at radius 3 is 2.46 bits per heavy atom. The minimum atomic E-state index is -0.495. The summed E-state index contributed by atoms with van der Waals surface area (Å²) in [5.41, 5.74) is 3.75. The van der Waals surface area contributed by atoms with E-state index in [2.05, 4.69) is 10.6 Å². The Labute approximate surface area is 162 Å². The van der Waals surface area contributed by atoms with Gasteiger partial charge in [-0.05, 0) is 43.7 Å². The van der Waals surface area contributed by atoms with Crippen LogP contribution in [0.5, 0.6) is 0 Å². The molecule has 3 N–H and O–H groups in total. The average Bonchev–Trinajstić information content (AvgIpc) is 2.92. The highest BCUT2D eigenvalue weighted by Crippen LogP contribution is 2.24. The molecule has 0 unspecified atom stereocenters. The van der Waals surface area contributed by atoms with E-state index >= 15 is 0 Å².